The molecule has 0 fully saturated rings. The van der Waals surface area contributed by atoms with Crippen LogP contribution in [0.3, 0.4) is 0 Å². The minimum Gasteiger partial charge on any atom is 1.00 e. The van der Waals surface area contributed by atoms with E-state index in [4.69, 9.17) is 17.2 Å². The van der Waals surface area contributed by atoms with E-state index in [1.807, 2.05) is 0 Å². The van der Waals surface area contributed by atoms with Gasteiger partial charge in [0.2, 0.25) is 0 Å². The van der Waals surface area contributed by atoms with E-state index in [1.54, 1.807) is 0 Å². The van der Waals surface area contributed by atoms with Crippen LogP contribution in [0.25, 0.3) is 0 Å². The number of hydrogen-bond acceptors (Lipinski definition) is 8. The van der Waals surface area contributed by atoms with Crippen molar-refractivity contribution in [3.63, 3.8) is 0 Å². The predicted octanol–water partition coefficient (Wildman–Crippen LogP) is 1.06. The van der Waals surface area contributed by atoms with E-state index in [2.05, 4.69) is 206 Å². The van der Waals surface area contributed by atoms with Crippen LogP contribution in [-0.2, 0) is 46.8 Å². The van der Waals surface area contributed by atoms with Crippen molar-refractivity contribution in [2.75, 3.05) is 0 Å². The monoisotopic (exact) mass is 1400 g/mol. The van der Waals surface area contributed by atoms with E-state index < -0.39 is 37.0 Å². The first-order chi connectivity index (χ1) is 12.2. The summed E-state index contributed by atoms with van der Waals surface area (Å²) in [7, 11) is 15.8. The van der Waals surface area contributed by atoms with Gasteiger partial charge in [-0.2, -0.15) is 24.2 Å². The molecule has 31 heteroatoms. The van der Waals surface area contributed by atoms with Gasteiger partial charge in [0.25, 0.3) is 14.2 Å². The van der Waals surface area contributed by atoms with Gasteiger partial charge in [0, 0.05) is 51.1 Å². The van der Waals surface area contributed by atoms with Crippen molar-refractivity contribution >= 4 is 252 Å². The molecule has 10 radical (unpaired) electrons. The van der Waals surface area contributed by atoms with Crippen LogP contribution >= 0.6 is 178 Å². The topological polar surface area (TPSA) is 143 Å². The largest absolute Gasteiger partial charge is 1.00 e. The number of rotatable bonds is 0. The maximum atomic E-state index is 9.18. The Bertz CT molecular complexity index is 553. The summed E-state index contributed by atoms with van der Waals surface area (Å²) in [5.74, 6) is 0. The fourth-order valence-corrected chi connectivity index (χ4v) is 0. The molecule has 0 spiro atoms. The molecule has 0 aliphatic rings. The quantitative estimate of drug-likeness (QED) is 0.152. The molecule has 176 valence electrons. The maximum Gasteiger partial charge on any atom is 1.00 e. The molecule has 0 aromatic rings. The molecule has 0 saturated carbocycles. The molecule has 0 aliphatic heterocycles. The van der Waals surface area contributed by atoms with Gasteiger partial charge in [-0.1, -0.05) is 0 Å². The van der Waals surface area contributed by atoms with Gasteiger partial charge >= 0.3 is 157 Å². The molecule has 1 atom stereocenters. The molecule has 0 aliphatic carbocycles. The van der Waals surface area contributed by atoms with Crippen molar-refractivity contribution < 1.29 is 62.7 Å². The summed E-state index contributed by atoms with van der Waals surface area (Å²) in [6.07, 6.45) is 0. The predicted molar refractivity (Wildman–Crippen MR) is 182 cm³/mol. The minimum atomic E-state index is -3.72. The van der Waals surface area contributed by atoms with E-state index in [9.17, 15) is 16.8 Å². The summed E-state index contributed by atoms with van der Waals surface area (Å²) >= 11 is 17.2. The molecule has 0 aromatic carbocycles. The van der Waals surface area contributed by atoms with Gasteiger partial charge in [0.05, 0.1) is 0 Å². The third-order valence-corrected chi connectivity index (χ3v) is 0. The molecule has 0 saturated heterocycles. The summed E-state index contributed by atoms with van der Waals surface area (Å²) in [5, 5.41) is 0. The maximum absolute atomic E-state index is 9.18. The Labute approximate surface area is 306 Å². The first-order valence-corrected chi connectivity index (χ1v) is 40.9. The van der Waals surface area contributed by atoms with Gasteiger partial charge in [-0.15, -0.1) is 10.9 Å². The molecule has 8 nitrogen and oxygen atoms in total. The van der Waals surface area contributed by atoms with Crippen LogP contribution in [0.2, 0.25) is 0 Å². The van der Waals surface area contributed by atoms with Gasteiger partial charge in [-0.05, 0) is 0 Å². The van der Waals surface area contributed by atoms with E-state index >= 15 is 0 Å². The van der Waals surface area contributed by atoms with Crippen LogP contribution in [0.1, 0.15) is 0 Å². The van der Waals surface area contributed by atoms with Crippen LogP contribution in [-0.4, -0.2) is 70.5 Å². The van der Waals surface area contributed by atoms with E-state index in [0.717, 1.165) is 0 Å². The summed E-state index contributed by atoms with van der Waals surface area (Å²) < 4.78 is 72.6. The second-order valence-electron chi connectivity index (χ2n) is 1.97. The van der Waals surface area contributed by atoms with Gasteiger partial charge < -0.3 is 4.55 Å². The smallest absolute Gasteiger partial charge is 1.00 e. The molecule has 0 amide bonds. The third-order valence-electron chi connectivity index (χ3n) is 0. The molecular formula is HB5BrCl4I6LiO8S4V2. The zero-order valence-electron chi connectivity index (χ0n) is 14.0. The molecule has 0 bridgehead atoms. The van der Waals surface area contributed by atoms with Crippen molar-refractivity contribution in [1.29, 1.82) is 0 Å². The zero-order chi connectivity index (χ0) is 26.2. The Morgan fingerprint density at radius 1 is 0.742 bits per heavy atom. The number of hydrogen-bond donors (Lipinski definition) is 0. The van der Waals surface area contributed by atoms with Crippen LogP contribution in [0.15, 0.2) is 0 Å². The van der Waals surface area contributed by atoms with E-state index in [-0.39, 0.29) is 37.1 Å². The molecule has 1 unspecified atom stereocenters. The first-order valence-electron chi connectivity index (χ1n) is 3.89. The summed E-state index contributed by atoms with van der Waals surface area (Å²) in [6, 6.07) is 0. The summed E-state index contributed by atoms with van der Waals surface area (Å²) in [5.41, 5.74) is 0. The van der Waals surface area contributed by atoms with Crippen LogP contribution in [0.5, 0.6) is 0 Å². The Kier molecular flexibility index (Phi) is 85.9. The Morgan fingerprint density at radius 3 is 0.742 bits per heavy atom. The van der Waals surface area contributed by atoms with Crippen molar-refractivity contribution in [3.05, 3.63) is 0 Å². The Morgan fingerprint density at radius 2 is 0.742 bits per heavy atom. The van der Waals surface area contributed by atoms with Crippen molar-refractivity contribution in [2.24, 2.45) is 0 Å². The molecule has 0 aromatic heterocycles. The Balaban J connectivity index is -0.0000000261. The fraction of sp³-hybridized carbons (Fsp3) is 0. The van der Waals surface area contributed by atoms with Crippen LogP contribution < -0.4 is 18.9 Å². The molecule has 31 heavy (non-hydrogen) atoms. The summed E-state index contributed by atoms with van der Waals surface area (Å²) in [6.45, 7) is 4.31. The minimum absolute atomic E-state index is 0. The summed E-state index contributed by atoms with van der Waals surface area (Å²) in [4.78, 5) is -0.555. The number of halogens is 11. The molecule has 0 N–H and O–H groups in total. The van der Waals surface area contributed by atoms with Gasteiger partial charge in [-0.25, -0.2) is 16.8 Å². The van der Waals surface area contributed by atoms with Crippen LogP contribution in [0.4, 0.5) is 0 Å². The molecule has 0 rings (SSSR count). The normalized spacial score (nSPS) is 10.0. The average molecular weight is 1400 g/mol. The van der Waals surface area contributed by atoms with Crippen molar-refractivity contribution in [3.8, 4) is 0 Å². The van der Waals surface area contributed by atoms with Gasteiger partial charge in [-0.3, -0.25) is 4.21 Å². The zero-order valence-corrected chi connectivity index (χ0v) is 37.6. The fourth-order valence-electron chi connectivity index (χ4n) is 0. The van der Waals surface area contributed by atoms with Crippen molar-refractivity contribution in [2.45, 2.75) is 0 Å². The first kappa shape index (κ1) is 62.6. The van der Waals surface area contributed by atoms with Gasteiger partial charge in [0.15, 0.2) is 31.6 Å². The molecular weight excluding hydrogens is 1400 g/mol. The van der Waals surface area contributed by atoms with Crippen LogP contribution in [0, 0.1) is 0 Å². The second kappa shape index (κ2) is 42.5. The van der Waals surface area contributed by atoms with Gasteiger partial charge in [0.1, 0.15) is 0 Å². The average Bonchev–Trinajstić information content (AvgIpc) is 2.20. The van der Waals surface area contributed by atoms with E-state index in [1.165, 1.54) is 0 Å². The SMILES string of the molecule is O=S(=O)(Cl)Cl.[BH].[B]Br.[B]S(=O)(=O)Cl.[B]S(=O)(=O)Cl.[B]S(=O)[O-].[I][V]([I])[I].[I][V]([I])[I].[Li+]. The third kappa shape index (κ3) is 760. The Hall–Kier alpha value is 8.07. The molecule has 0 heterocycles. The second-order valence-corrected chi connectivity index (χ2v) is 81.4. The standard InChI is InChI=1S/BBr.2BClO2S.BHO2S.BH.Cl2O2S.6HI.Li.2V/c1-2;2*1-5(2,3)4;1-4(2)3;;1-5(2,3)4;;;;;;;;;/h;;;(H,2,3);1H;;6*1H;;;/q;;;;;;;;;;;;+1;2*+3/p-7. The van der Waals surface area contributed by atoms with E-state index in [0.29, 0.717) is 0 Å². The van der Waals surface area contributed by atoms with Crippen molar-refractivity contribution in [1.82, 2.24) is 0 Å².